The van der Waals surface area contributed by atoms with Crippen LogP contribution in [0.15, 0.2) is 18.6 Å². The van der Waals surface area contributed by atoms with Crippen molar-refractivity contribution in [3.8, 4) is 0 Å². The van der Waals surface area contributed by atoms with Crippen molar-refractivity contribution in [2.45, 2.75) is 26.9 Å². The van der Waals surface area contributed by atoms with Crippen molar-refractivity contribution in [3.63, 3.8) is 0 Å². The van der Waals surface area contributed by atoms with Crippen LogP contribution in [0.2, 0.25) is 0 Å². The van der Waals surface area contributed by atoms with Gasteiger partial charge >= 0.3 is 0 Å². The molecule has 28 heavy (non-hydrogen) atoms. The summed E-state index contributed by atoms with van der Waals surface area (Å²) in [5.74, 6) is -0.773. The molecule has 0 radical (unpaired) electrons. The van der Waals surface area contributed by atoms with Gasteiger partial charge in [-0.05, 0) is 13.8 Å². The Labute approximate surface area is 162 Å². The molecule has 0 unspecified atom stereocenters. The second kappa shape index (κ2) is 7.67. The van der Waals surface area contributed by atoms with Crippen LogP contribution in [0, 0.1) is 13.8 Å². The topological polar surface area (TPSA) is 112 Å². The molecule has 0 saturated carbocycles. The maximum atomic E-state index is 12.6. The van der Waals surface area contributed by atoms with Gasteiger partial charge < -0.3 is 10.6 Å². The zero-order valence-electron chi connectivity index (χ0n) is 16.6. The molecule has 2 amide bonds. The predicted octanol–water partition coefficient (Wildman–Crippen LogP) is 0.364. The van der Waals surface area contributed by atoms with Crippen molar-refractivity contribution >= 4 is 11.8 Å². The Balaban J connectivity index is 1.69. The summed E-state index contributed by atoms with van der Waals surface area (Å²) in [6, 6.07) is 0. The Morgan fingerprint density at radius 1 is 0.893 bits per heavy atom. The maximum Gasteiger partial charge on any atom is 0.272 e. The Kier molecular flexibility index (Phi) is 5.30. The summed E-state index contributed by atoms with van der Waals surface area (Å²) in [6.07, 6.45) is 4.95. The van der Waals surface area contributed by atoms with E-state index in [1.807, 2.05) is 27.9 Å². The van der Waals surface area contributed by atoms with Crippen molar-refractivity contribution in [2.75, 3.05) is 0 Å². The first-order valence-corrected chi connectivity index (χ1v) is 8.83. The standard InChI is InChI=1S/C18H24N8O2/c1-11-13(8-21-25(11)4)6-19-17(27)15-10-24(3)23-16(15)18(28)20-7-14-9-22-26(5)12(14)2/h8-10H,6-7H2,1-5H3,(H,19,27)(H,20,28). The van der Waals surface area contributed by atoms with E-state index >= 15 is 0 Å². The summed E-state index contributed by atoms with van der Waals surface area (Å²) in [4.78, 5) is 25.2. The second-order valence-electron chi connectivity index (χ2n) is 6.69. The minimum atomic E-state index is -0.411. The molecule has 0 spiro atoms. The van der Waals surface area contributed by atoms with Crippen LogP contribution < -0.4 is 10.6 Å². The van der Waals surface area contributed by atoms with Gasteiger partial charge in [0.05, 0.1) is 18.0 Å². The average Bonchev–Trinajstić information content (AvgIpc) is 3.31. The van der Waals surface area contributed by atoms with E-state index in [1.54, 1.807) is 28.8 Å². The van der Waals surface area contributed by atoms with Gasteiger partial charge in [0.1, 0.15) is 0 Å². The normalized spacial score (nSPS) is 10.9. The maximum absolute atomic E-state index is 12.6. The number of nitrogens with one attached hydrogen (secondary N) is 2. The third-order valence-electron chi connectivity index (χ3n) is 4.84. The van der Waals surface area contributed by atoms with Crippen LogP contribution in [0.25, 0.3) is 0 Å². The summed E-state index contributed by atoms with van der Waals surface area (Å²) in [7, 11) is 5.35. The first kappa shape index (κ1) is 19.3. The molecule has 10 nitrogen and oxygen atoms in total. The van der Waals surface area contributed by atoms with Gasteiger partial charge in [-0.2, -0.15) is 15.3 Å². The number of carbonyl (C=O) groups is 2. The first-order valence-electron chi connectivity index (χ1n) is 8.83. The summed E-state index contributed by atoms with van der Waals surface area (Å²) in [6.45, 7) is 4.49. The molecule has 3 aromatic rings. The van der Waals surface area contributed by atoms with E-state index in [4.69, 9.17) is 0 Å². The van der Waals surface area contributed by atoms with Gasteiger partial charge in [0, 0.05) is 62.9 Å². The molecule has 0 aliphatic rings. The molecule has 0 atom stereocenters. The van der Waals surface area contributed by atoms with Crippen molar-refractivity contribution in [1.29, 1.82) is 0 Å². The van der Waals surface area contributed by atoms with Crippen LogP contribution in [0.4, 0.5) is 0 Å². The minimum Gasteiger partial charge on any atom is -0.348 e. The minimum absolute atomic E-state index is 0.0875. The molecule has 0 bridgehead atoms. The molecule has 10 heteroatoms. The second-order valence-corrected chi connectivity index (χ2v) is 6.69. The van der Waals surface area contributed by atoms with Crippen LogP contribution in [0.5, 0.6) is 0 Å². The SMILES string of the molecule is Cc1c(CNC(=O)c2cn(C)nc2C(=O)NCc2cnn(C)c2C)cnn1C. The molecule has 0 saturated heterocycles. The predicted molar refractivity (Wildman–Crippen MR) is 101 cm³/mol. The molecular formula is C18H24N8O2. The number of hydrogen-bond acceptors (Lipinski definition) is 5. The molecule has 0 aromatic carbocycles. The lowest BCUT2D eigenvalue weighted by Gasteiger charge is -2.06. The number of hydrogen-bond donors (Lipinski definition) is 2. The zero-order valence-corrected chi connectivity index (χ0v) is 16.6. The van der Waals surface area contributed by atoms with Gasteiger partial charge in [0.25, 0.3) is 11.8 Å². The van der Waals surface area contributed by atoms with Crippen LogP contribution in [0.1, 0.15) is 43.4 Å². The Morgan fingerprint density at radius 2 is 1.39 bits per heavy atom. The van der Waals surface area contributed by atoms with E-state index < -0.39 is 5.91 Å². The Hall–Kier alpha value is -3.43. The summed E-state index contributed by atoms with van der Waals surface area (Å²) in [5, 5.41) is 18.1. The van der Waals surface area contributed by atoms with E-state index in [0.29, 0.717) is 13.1 Å². The van der Waals surface area contributed by atoms with E-state index in [9.17, 15) is 9.59 Å². The van der Waals surface area contributed by atoms with Gasteiger partial charge in [-0.25, -0.2) is 0 Å². The summed E-state index contributed by atoms with van der Waals surface area (Å²) in [5.41, 5.74) is 4.07. The number of rotatable bonds is 6. The van der Waals surface area contributed by atoms with Gasteiger partial charge in [-0.1, -0.05) is 0 Å². The molecule has 3 heterocycles. The van der Waals surface area contributed by atoms with E-state index in [-0.39, 0.29) is 17.2 Å². The first-order chi connectivity index (χ1) is 13.3. The van der Waals surface area contributed by atoms with Crippen LogP contribution >= 0.6 is 0 Å². The molecule has 0 fully saturated rings. The number of nitrogens with zero attached hydrogens (tertiary/aromatic N) is 6. The number of aryl methyl sites for hydroxylation is 3. The lowest BCUT2D eigenvalue weighted by atomic mass is 10.2. The van der Waals surface area contributed by atoms with E-state index in [1.165, 1.54) is 10.9 Å². The lowest BCUT2D eigenvalue weighted by molar-refractivity contribution is 0.0914. The largest absolute Gasteiger partial charge is 0.348 e. The highest BCUT2D eigenvalue weighted by Gasteiger charge is 2.22. The third-order valence-corrected chi connectivity index (χ3v) is 4.84. The lowest BCUT2D eigenvalue weighted by Crippen LogP contribution is -2.29. The highest BCUT2D eigenvalue weighted by Crippen LogP contribution is 2.10. The number of aromatic nitrogens is 6. The van der Waals surface area contributed by atoms with Crippen molar-refractivity contribution in [3.05, 3.63) is 52.4 Å². The fourth-order valence-corrected chi connectivity index (χ4v) is 2.79. The van der Waals surface area contributed by atoms with E-state index in [0.717, 1.165) is 22.5 Å². The smallest absolute Gasteiger partial charge is 0.272 e. The van der Waals surface area contributed by atoms with Gasteiger partial charge in [-0.15, -0.1) is 0 Å². The highest BCUT2D eigenvalue weighted by molar-refractivity contribution is 6.05. The molecular weight excluding hydrogens is 360 g/mol. The van der Waals surface area contributed by atoms with Gasteiger partial charge in [0.15, 0.2) is 5.69 Å². The molecule has 0 aliphatic carbocycles. The number of carbonyl (C=O) groups excluding carboxylic acids is 2. The molecule has 3 rings (SSSR count). The molecule has 3 aromatic heterocycles. The Bertz CT molecular complexity index is 947. The fraction of sp³-hybridized carbons (Fsp3) is 0.389. The van der Waals surface area contributed by atoms with Crippen molar-refractivity contribution in [2.24, 2.45) is 21.1 Å². The van der Waals surface area contributed by atoms with E-state index in [2.05, 4.69) is 25.9 Å². The van der Waals surface area contributed by atoms with Gasteiger partial charge in [-0.3, -0.25) is 23.6 Å². The zero-order chi connectivity index (χ0) is 20.4. The molecule has 148 valence electrons. The van der Waals surface area contributed by atoms with Crippen LogP contribution in [-0.4, -0.2) is 41.2 Å². The highest BCUT2D eigenvalue weighted by atomic mass is 16.2. The third kappa shape index (κ3) is 3.80. The van der Waals surface area contributed by atoms with Crippen molar-refractivity contribution in [1.82, 2.24) is 40.0 Å². The monoisotopic (exact) mass is 384 g/mol. The Morgan fingerprint density at radius 3 is 1.86 bits per heavy atom. The quantitative estimate of drug-likeness (QED) is 0.638. The summed E-state index contributed by atoms with van der Waals surface area (Å²) < 4.78 is 4.93. The van der Waals surface area contributed by atoms with Crippen molar-refractivity contribution < 1.29 is 9.59 Å². The van der Waals surface area contributed by atoms with Crippen LogP contribution in [-0.2, 0) is 34.2 Å². The molecule has 0 aliphatic heterocycles. The van der Waals surface area contributed by atoms with Gasteiger partial charge in [0.2, 0.25) is 0 Å². The number of amides is 2. The molecule has 2 N–H and O–H groups in total. The average molecular weight is 384 g/mol. The van der Waals surface area contributed by atoms with Crippen LogP contribution in [0.3, 0.4) is 0 Å². The fourth-order valence-electron chi connectivity index (χ4n) is 2.79. The summed E-state index contributed by atoms with van der Waals surface area (Å²) >= 11 is 0.